The summed E-state index contributed by atoms with van der Waals surface area (Å²) in [7, 11) is 0. The van der Waals surface area contributed by atoms with Crippen molar-refractivity contribution in [3.8, 4) is 0 Å². The van der Waals surface area contributed by atoms with Crippen molar-refractivity contribution in [3.05, 3.63) is 59.6 Å². The molecule has 3 amide bonds. The average molecular weight is 343 g/mol. The van der Waals surface area contributed by atoms with Crippen molar-refractivity contribution < 1.29 is 14.0 Å². The van der Waals surface area contributed by atoms with Gasteiger partial charge in [0.1, 0.15) is 5.82 Å². The van der Waals surface area contributed by atoms with Crippen molar-refractivity contribution in [2.75, 3.05) is 19.6 Å². The molecule has 132 valence electrons. The van der Waals surface area contributed by atoms with E-state index in [1.165, 1.54) is 12.1 Å². The van der Waals surface area contributed by atoms with Gasteiger partial charge in [0.2, 0.25) is 0 Å². The lowest BCUT2D eigenvalue weighted by Crippen LogP contribution is -2.47. The van der Waals surface area contributed by atoms with Crippen LogP contribution in [0.15, 0.2) is 48.2 Å². The van der Waals surface area contributed by atoms with Gasteiger partial charge in [-0.15, -0.1) is 6.58 Å². The maximum absolute atomic E-state index is 13.2. The first-order valence-corrected chi connectivity index (χ1v) is 8.39. The standard InChI is InChI=1S/C19H22FN3O2/c1-4-9-23-15-11-22(10-12(2)3)18(24)16(15)17(21-19(23)25)13-5-7-14(20)8-6-13/h4-8,12,17H,1,9-11H2,2-3H3,(H,21,25)/t17-/m0/s1. The predicted molar refractivity (Wildman–Crippen MR) is 93.0 cm³/mol. The van der Waals surface area contributed by atoms with Crippen molar-refractivity contribution >= 4 is 11.9 Å². The maximum Gasteiger partial charge on any atom is 0.322 e. The Labute approximate surface area is 146 Å². The summed E-state index contributed by atoms with van der Waals surface area (Å²) in [6.45, 7) is 9.16. The molecule has 2 heterocycles. The Morgan fingerprint density at radius 2 is 2.00 bits per heavy atom. The van der Waals surface area contributed by atoms with Crippen LogP contribution in [-0.2, 0) is 4.79 Å². The van der Waals surface area contributed by atoms with E-state index in [2.05, 4.69) is 11.9 Å². The van der Waals surface area contributed by atoms with Crippen LogP contribution in [0.1, 0.15) is 25.5 Å². The SMILES string of the molecule is C=CCN1C(=O)N[C@@H](c2ccc(F)cc2)C2=C1CN(CC(C)C)C2=O. The van der Waals surface area contributed by atoms with Crippen molar-refractivity contribution in [2.45, 2.75) is 19.9 Å². The average Bonchev–Trinajstić information content (AvgIpc) is 2.87. The Hall–Kier alpha value is -2.63. The molecule has 3 rings (SSSR count). The number of hydrogen-bond acceptors (Lipinski definition) is 2. The minimum Gasteiger partial charge on any atom is -0.333 e. The van der Waals surface area contributed by atoms with E-state index >= 15 is 0 Å². The molecule has 0 radical (unpaired) electrons. The topological polar surface area (TPSA) is 52.7 Å². The summed E-state index contributed by atoms with van der Waals surface area (Å²) in [6.07, 6.45) is 1.64. The lowest BCUT2D eigenvalue weighted by molar-refractivity contribution is -0.126. The molecular formula is C19H22FN3O2. The number of nitrogens with zero attached hydrogens (tertiary/aromatic N) is 2. The molecule has 1 N–H and O–H groups in total. The van der Waals surface area contributed by atoms with Gasteiger partial charge in [-0.1, -0.05) is 32.1 Å². The van der Waals surface area contributed by atoms with E-state index in [4.69, 9.17) is 0 Å². The highest BCUT2D eigenvalue weighted by Gasteiger charge is 2.43. The Kier molecular flexibility index (Phi) is 4.61. The number of urea groups is 1. The number of hydrogen-bond donors (Lipinski definition) is 1. The number of halogens is 1. The van der Waals surface area contributed by atoms with E-state index < -0.39 is 6.04 Å². The molecule has 5 nitrogen and oxygen atoms in total. The van der Waals surface area contributed by atoms with Gasteiger partial charge < -0.3 is 10.2 Å². The van der Waals surface area contributed by atoms with Gasteiger partial charge >= 0.3 is 6.03 Å². The highest BCUT2D eigenvalue weighted by Crippen LogP contribution is 2.36. The first-order chi connectivity index (χ1) is 11.9. The number of carbonyl (C=O) groups is 2. The minimum atomic E-state index is -0.561. The summed E-state index contributed by atoms with van der Waals surface area (Å²) in [5, 5.41) is 2.87. The summed E-state index contributed by atoms with van der Waals surface area (Å²) < 4.78 is 13.2. The summed E-state index contributed by atoms with van der Waals surface area (Å²) >= 11 is 0. The fourth-order valence-corrected chi connectivity index (χ4v) is 3.36. The van der Waals surface area contributed by atoms with Crippen LogP contribution < -0.4 is 5.32 Å². The highest BCUT2D eigenvalue weighted by atomic mass is 19.1. The molecule has 0 saturated carbocycles. The summed E-state index contributed by atoms with van der Waals surface area (Å²) in [4.78, 5) is 28.8. The van der Waals surface area contributed by atoms with Crippen LogP contribution in [-0.4, -0.2) is 41.4 Å². The molecular weight excluding hydrogens is 321 g/mol. The van der Waals surface area contributed by atoms with E-state index in [0.717, 1.165) is 0 Å². The summed E-state index contributed by atoms with van der Waals surface area (Å²) in [5.74, 6) is -0.106. The smallest absolute Gasteiger partial charge is 0.322 e. The van der Waals surface area contributed by atoms with E-state index in [-0.39, 0.29) is 17.8 Å². The van der Waals surface area contributed by atoms with Crippen LogP contribution in [0.2, 0.25) is 0 Å². The molecule has 0 saturated heterocycles. The second-order valence-electron chi connectivity index (χ2n) is 6.77. The molecule has 25 heavy (non-hydrogen) atoms. The second-order valence-corrected chi connectivity index (χ2v) is 6.77. The molecule has 0 bridgehead atoms. The lowest BCUT2D eigenvalue weighted by atomic mass is 9.95. The quantitative estimate of drug-likeness (QED) is 0.836. The van der Waals surface area contributed by atoms with Gasteiger partial charge in [-0.05, 0) is 23.6 Å². The molecule has 1 aromatic rings. The molecule has 1 aromatic carbocycles. The summed E-state index contributed by atoms with van der Waals surface area (Å²) in [6, 6.07) is 5.05. The van der Waals surface area contributed by atoms with Crippen LogP contribution >= 0.6 is 0 Å². The Morgan fingerprint density at radius 1 is 1.32 bits per heavy atom. The van der Waals surface area contributed by atoms with Crippen LogP contribution in [0.3, 0.4) is 0 Å². The maximum atomic E-state index is 13.2. The van der Waals surface area contributed by atoms with Crippen molar-refractivity contribution in [2.24, 2.45) is 5.92 Å². The summed E-state index contributed by atoms with van der Waals surface area (Å²) in [5.41, 5.74) is 1.97. The minimum absolute atomic E-state index is 0.0768. The first kappa shape index (κ1) is 17.2. The third kappa shape index (κ3) is 3.16. The molecule has 6 heteroatoms. The highest BCUT2D eigenvalue weighted by molar-refractivity contribution is 6.01. The van der Waals surface area contributed by atoms with Crippen LogP contribution in [0.5, 0.6) is 0 Å². The van der Waals surface area contributed by atoms with Gasteiger partial charge in [-0.3, -0.25) is 9.69 Å². The Bertz CT molecular complexity index is 740. The van der Waals surface area contributed by atoms with Crippen LogP contribution in [0.25, 0.3) is 0 Å². The number of rotatable bonds is 5. The zero-order valence-corrected chi connectivity index (χ0v) is 14.5. The van der Waals surface area contributed by atoms with E-state index in [9.17, 15) is 14.0 Å². The Morgan fingerprint density at radius 3 is 2.60 bits per heavy atom. The number of amides is 3. The third-order valence-electron chi connectivity index (χ3n) is 4.40. The molecule has 2 aliphatic rings. The van der Waals surface area contributed by atoms with Gasteiger partial charge in [0.15, 0.2) is 0 Å². The van der Waals surface area contributed by atoms with Crippen LogP contribution in [0.4, 0.5) is 9.18 Å². The fourth-order valence-electron chi connectivity index (χ4n) is 3.36. The predicted octanol–water partition coefficient (Wildman–Crippen LogP) is 2.83. The third-order valence-corrected chi connectivity index (χ3v) is 4.40. The monoisotopic (exact) mass is 343 g/mol. The zero-order chi connectivity index (χ0) is 18.1. The van der Waals surface area contributed by atoms with Crippen molar-refractivity contribution in [3.63, 3.8) is 0 Å². The normalized spacial score (nSPS) is 20.2. The zero-order valence-electron chi connectivity index (χ0n) is 14.5. The molecule has 0 aliphatic carbocycles. The molecule has 0 spiro atoms. The van der Waals surface area contributed by atoms with Gasteiger partial charge in [-0.25, -0.2) is 9.18 Å². The van der Waals surface area contributed by atoms with Gasteiger partial charge in [0, 0.05) is 13.1 Å². The lowest BCUT2D eigenvalue weighted by Gasteiger charge is -2.33. The van der Waals surface area contributed by atoms with Gasteiger partial charge in [0.05, 0.1) is 23.9 Å². The van der Waals surface area contributed by atoms with Gasteiger partial charge in [0.25, 0.3) is 5.91 Å². The number of carbonyl (C=O) groups excluding carboxylic acids is 2. The van der Waals surface area contributed by atoms with Crippen LogP contribution in [0, 0.1) is 11.7 Å². The fraction of sp³-hybridized carbons (Fsp3) is 0.368. The second kappa shape index (κ2) is 6.70. The van der Waals surface area contributed by atoms with Crippen molar-refractivity contribution in [1.29, 1.82) is 0 Å². The van der Waals surface area contributed by atoms with E-state index in [1.54, 1.807) is 28.0 Å². The first-order valence-electron chi connectivity index (χ1n) is 8.39. The molecule has 0 aromatic heterocycles. The molecule has 0 unspecified atom stereocenters. The van der Waals surface area contributed by atoms with Crippen molar-refractivity contribution in [1.82, 2.24) is 15.1 Å². The number of benzene rings is 1. The Balaban J connectivity index is 2.02. The molecule has 0 fully saturated rings. The molecule has 1 atom stereocenters. The van der Waals surface area contributed by atoms with E-state index in [1.807, 2.05) is 13.8 Å². The molecule has 2 aliphatic heterocycles. The largest absolute Gasteiger partial charge is 0.333 e. The van der Waals surface area contributed by atoms with Gasteiger partial charge in [-0.2, -0.15) is 0 Å². The van der Waals surface area contributed by atoms with E-state index in [0.29, 0.717) is 42.4 Å². The number of nitrogens with one attached hydrogen (secondary N) is 1.